The molecule has 0 aliphatic heterocycles. The first kappa shape index (κ1) is 33.9. The average Bonchev–Trinajstić information content (AvgIpc) is 3.65. The number of aryl methyl sites for hydroxylation is 1. The highest BCUT2D eigenvalue weighted by atomic mass is 35.5. The molecule has 3 heterocycles. The van der Waals surface area contributed by atoms with Gasteiger partial charge in [0.15, 0.2) is 11.5 Å². The summed E-state index contributed by atoms with van der Waals surface area (Å²) in [5.41, 5.74) is -2.30. The van der Waals surface area contributed by atoms with E-state index >= 15 is 0 Å². The number of alkyl halides is 5. The van der Waals surface area contributed by atoms with Gasteiger partial charge in [0, 0.05) is 42.5 Å². The number of nitrogens with one attached hydrogen (secondary N) is 2. The van der Waals surface area contributed by atoms with Crippen molar-refractivity contribution >= 4 is 57.9 Å². The number of nitrogens with zero attached hydrogens (tertiary/aromatic N) is 5. The molecule has 6 rings (SSSR count). The van der Waals surface area contributed by atoms with Crippen LogP contribution >= 0.6 is 35.1 Å². The van der Waals surface area contributed by atoms with Gasteiger partial charge in [0.1, 0.15) is 22.5 Å². The van der Waals surface area contributed by atoms with Crippen LogP contribution in [0.15, 0.2) is 42.5 Å². The molecule has 0 saturated heterocycles. The maximum absolute atomic E-state index is 14.9. The van der Waals surface area contributed by atoms with E-state index in [2.05, 4.69) is 25.2 Å². The van der Waals surface area contributed by atoms with Crippen LogP contribution in [-0.4, -0.2) is 36.8 Å². The third-order valence-electron chi connectivity index (χ3n) is 7.79. The Morgan fingerprint density at radius 3 is 2.42 bits per heavy atom. The van der Waals surface area contributed by atoms with Gasteiger partial charge in [0.05, 0.1) is 27.7 Å². The van der Waals surface area contributed by atoms with E-state index in [1.807, 2.05) is 0 Å². The molecule has 0 fully saturated rings. The van der Waals surface area contributed by atoms with Gasteiger partial charge < -0.3 is 10.0 Å². The summed E-state index contributed by atoms with van der Waals surface area (Å²) in [6.07, 6.45) is -5.34. The van der Waals surface area contributed by atoms with Gasteiger partial charge >= 0.3 is 12.2 Å². The van der Waals surface area contributed by atoms with E-state index in [1.165, 1.54) is 22.7 Å². The molecule has 1 aliphatic rings. The Balaban J connectivity index is 1.53. The lowest BCUT2D eigenvalue weighted by atomic mass is 9.94. The smallest absolute Gasteiger partial charge is 0.327 e. The summed E-state index contributed by atoms with van der Waals surface area (Å²) in [5.74, 6) is -5.25. The predicted molar refractivity (Wildman–Crippen MR) is 167 cm³/mol. The summed E-state index contributed by atoms with van der Waals surface area (Å²) in [5, 5.41) is 11.0. The molecule has 5 aromatic rings. The largest absolute Gasteiger partial charge is 0.435 e. The zero-order chi connectivity index (χ0) is 34.7. The van der Waals surface area contributed by atoms with Crippen molar-refractivity contribution in [2.45, 2.75) is 37.4 Å². The predicted octanol–water partition coefficient (Wildman–Crippen LogP) is 8.71. The number of halogens is 9. The SMILES string of the molecule is CSNc1nn(C)c2c(-c3ccc(Cl)nc3C(Cc3cc(F)cc(F)c3)NC(=O)n3nc(C(F)(F)F)c4c3C(F)(F)CC4)ccc(Cl)c12. The summed E-state index contributed by atoms with van der Waals surface area (Å²) >= 11 is 14.1. The van der Waals surface area contributed by atoms with Gasteiger partial charge in [0.2, 0.25) is 0 Å². The Morgan fingerprint density at radius 2 is 1.75 bits per heavy atom. The zero-order valence-corrected chi connectivity index (χ0v) is 27.0. The molecule has 0 bridgehead atoms. The second kappa shape index (κ2) is 12.5. The molecule has 18 heteroatoms. The van der Waals surface area contributed by atoms with Gasteiger partial charge in [0.25, 0.3) is 5.92 Å². The second-order valence-corrected chi connectivity index (χ2v) is 12.3. The molecular weight excluding hydrogens is 710 g/mol. The molecule has 1 atom stereocenters. The van der Waals surface area contributed by atoms with Crippen molar-refractivity contribution in [3.05, 3.63) is 92.5 Å². The third-order valence-corrected chi connectivity index (χ3v) is 8.71. The molecule has 1 aliphatic carbocycles. The van der Waals surface area contributed by atoms with Crippen molar-refractivity contribution in [3.63, 3.8) is 0 Å². The minimum Gasteiger partial charge on any atom is -0.327 e. The average molecular weight is 733 g/mol. The lowest BCUT2D eigenvalue weighted by Crippen LogP contribution is -2.37. The molecule has 2 aromatic carbocycles. The fourth-order valence-corrected chi connectivity index (χ4v) is 6.67. The summed E-state index contributed by atoms with van der Waals surface area (Å²) in [4.78, 5) is 18.1. The van der Waals surface area contributed by atoms with Crippen molar-refractivity contribution in [1.82, 2.24) is 29.9 Å². The number of carbonyl (C=O) groups excluding carboxylic acids is 1. The van der Waals surface area contributed by atoms with E-state index < -0.39 is 72.0 Å². The van der Waals surface area contributed by atoms with Crippen molar-refractivity contribution < 1.29 is 35.5 Å². The number of amides is 1. The number of benzene rings is 2. The fourth-order valence-electron chi connectivity index (χ4n) is 5.94. The number of aromatic nitrogens is 5. The van der Waals surface area contributed by atoms with Gasteiger partial charge in [-0.2, -0.15) is 36.8 Å². The third kappa shape index (κ3) is 6.16. The molecular formula is C30H22Cl2F7N7OS. The van der Waals surface area contributed by atoms with E-state index in [9.17, 15) is 35.5 Å². The fraction of sp³-hybridized carbons (Fsp3) is 0.267. The number of rotatable bonds is 7. The Morgan fingerprint density at radius 1 is 1.06 bits per heavy atom. The first-order valence-corrected chi connectivity index (χ1v) is 16.0. The topological polar surface area (TPSA) is 89.7 Å². The van der Waals surface area contributed by atoms with Crippen LogP contribution in [0.1, 0.15) is 40.7 Å². The highest BCUT2D eigenvalue weighted by molar-refractivity contribution is 7.99. The maximum Gasteiger partial charge on any atom is 0.435 e. The van der Waals surface area contributed by atoms with Gasteiger partial charge in [-0.25, -0.2) is 18.6 Å². The number of carbonyl (C=O) groups is 1. The van der Waals surface area contributed by atoms with Crippen LogP contribution in [0.2, 0.25) is 10.2 Å². The van der Waals surface area contributed by atoms with E-state index in [-0.39, 0.29) is 21.1 Å². The Hall–Kier alpha value is -4.02. The van der Waals surface area contributed by atoms with Crippen molar-refractivity contribution in [1.29, 1.82) is 0 Å². The molecule has 8 nitrogen and oxygen atoms in total. The van der Waals surface area contributed by atoms with Crippen LogP contribution in [-0.2, 0) is 32.0 Å². The first-order valence-electron chi connectivity index (χ1n) is 14.0. The standard InChI is InChI=1S/C30H22Cl2F7N7OS/c1-45-24-17(3-5-19(31)22(24)27(43-45)44-48-2)16-4-6-21(32)41-23(16)20(11-13-9-14(33)12-15(34)10-13)40-28(47)46-26-18(7-8-29(26,35)36)25(42-46)30(37,38)39/h3-6,9-10,12,20H,7-8,11H2,1-2H3,(H,40,47)(H,43,44). The lowest BCUT2D eigenvalue weighted by Gasteiger charge is -2.23. The molecule has 3 aromatic heterocycles. The van der Waals surface area contributed by atoms with Crippen molar-refractivity contribution in [2.75, 3.05) is 11.0 Å². The molecule has 252 valence electrons. The minimum absolute atomic E-state index is 0.00340. The highest BCUT2D eigenvalue weighted by Gasteiger charge is 2.51. The molecule has 0 saturated carbocycles. The second-order valence-electron chi connectivity index (χ2n) is 10.9. The van der Waals surface area contributed by atoms with E-state index in [0.29, 0.717) is 38.9 Å². The van der Waals surface area contributed by atoms with Gasteiger partial charge in [-0.3, -0.25) is 4.68 Å². The number of fused-ring (bicyclic) bond motifs is 2. The molecule has 1 amide bonds. The summed E-state index contributed by atoms with van der Waals surface area (Å²) in [6.45, 7) is 0. The molecule has 0 spiro atoms. The summed E-state index contributed by atoms with van der Waals surface area (Å²) < 4.78 is 104. The monoisotopic (exact) mass is 731 g/mol. The quantitative estimate of drug-likeness (QED) is 0.0990. The van der Waals surface area contributed by atoms with E-state index in [4.69, 9.17) is 23.2 Å². The number of hydrogen-bond donors (Lipinski definition) is 2. The Labute approximate surface area is 281 Å². The number of anilines is 1. The Bertz CT molecular complexity index is 2060. The summed E-state index contributed by atoms with van der Waals surface area (Å²) in [7, 11) is 1.65. The summed E-state index contributed by atoms with van der Waals surface area (Å²) in [6, 6.07) is 5.96. The van der Waals surface area contributed by atoms with Crippen LogP contribution in [0.25, 0.3) is 22.0 Å². The van der Waals surface area contributed by atoms with Crippen molar-refractivity contribution in [2.24, 2.45) is 7.05 Å². The van der Waals surface area contributed by atoms with Crippen LogP contribution in [0.3, 0.4) is 0 Å². The van der Waals surface area contributed by atoms with Gasteiger partial charge in [-0.1, -0.05) is 41.2 Å². The first-order chi connectivity index (χ1) is 22.6. The van der Waals surface area contributed by atoms with Gasteiger partial charge in [-0.05, 0) is 48.7 Å². The van der Waals surface area contributed by atoms with E-state index in [1.54, 1.807) is 31.5 Å². The molecule has 48 heavy (non-hydrogen) atoms. The van der Waals surface area contributed by atoms with Crippen LogP contribution < -0.4 is 10.0 Å². The lowest BCUT2D eigenvalue weighted by molar-refractivity contribution is -0.142. The maximum atomic E-state index is 14.9. The Kier molecular flexibility index (Phi) is 8.79. The van der Waals surface area contributed by atoms with Gasteiger partial charge in [-0.15, -0.1) is 0 Å². The highest BCUT2D eigenvalue weighted by Crippen LogP contribution is 2.47. The van der Waals surface area contributed by atoms with E-state index in [0.717, 1.165) is 12.1 Å². The van der Waals surface area contributed by atoms with Crippen LogP contribution in [0, 0.1) is 11.6 Å². The normalized spacial score (nSPS) is 14.7. The minimum atomic E-state index is -5.12. The molecule has 1 unspecified atom stereocenters. The van der Waals surface area contributed by atoms with Crippen LogP contribution in [0.5, 0.6) is 0 Å². The number of hydrogen-bond acceptors (Lipinski definition) is 6. The van der Waals surface area contributed by atoms with Crippen molar-refractivity contribution in [3.8, 4) is 11.1 Å². The number of pyridine rings is 1. The zero-order valence-electron chi connectivity index (χ0n) is 24.7. The molecule has 0 radical (unpaired) electrons. The molecule has 2 N–H and O–H groups in total. The van der Waals surface area contributed by atoms with Crippen LogP contribution in [0.4, 0.5) is 41.3 Å².